The van der Waals surface area contributed by atoms with Gasteiger partial charge < -0.3 is 29.9 Å². The lowest BCUT2D eigenvalue weighted by atomic mass is 9.78. The number of nitrogens with zero attached hydrogens (tertiary/aromatic N) is 2. The normalized spacial score (nSPS) is 29.5. The number of carbonyl (C=O) groups is 5. The van der Waals surface area contributed by atoms with Crippen LogP contribution in [0.15, 0.2) is 36.4 Å². The van der Waals surface area contributed by atoms with Gasteiger partial charge in [-0.25, -0.2) is 18.0 Å². The van der Waals surface area contributed by atoms with Crippen molar-refractivity contribution in [3.63, 3.8) is 0 Å². The van der Waals surface area contributed by atoms with Gasteiger partial charge in [-0.3, -0.25) is 19.1 Å². The maximum absolute atomic E-state index is 14.4. The minimum atomic E-state index is -3.90. The number of sulfonamides is 1. The molecule has 3 N–H and O–H groups in total. The van der Waals surface area contributed by atoms with Crippen LogP contribution in [0.25, 0.3) is 0 Å². The molecule has 0 bridgehead atoms. The van der Waals surface area contributed by atoms with Gasteiger partial charge in [-0.15, -0.1) is 0 Å². The Kier molecular flexibility index (Phi) is 10.6. The lowest BCUT2D eigenvalue weighted by Gasteiger charge is -2.39. The van der Waals surface area contributed by atoms with E-state index < -0.39 is 80.4 Å². The zero-order valence-electron chi connectivity index (χ0n) is 31.3. The van der Waals surface area contributed by atoms with Crippen molar-refractivity contribution >= 4 is 39.9 Å². The third-order valence-electron chi connectivity index (χ3n) is 10.8. The lowest BCUT2D eigenvalue weighted by molar-refractivity contribution is -0.141. The van der Waals surface area contributed by atoms with Gasteiger partial charge in [0.2, 0.25) is 21.8 Å². The number of hydrogen-bond donors (Lipinski definition) is 3. The number of amides is 5. The quantitative estimate of drug-likeness (QED) is 0.377. The number of fused-ring (bicyclic) bond motifs is 3. The molecule has 1 saturated heterocycles. The largest absolute Gasteiger partial charge is 0.444 e. The highest BCUT2D eigenvalue weighted by Crippen LogP contribution is 2.46. The molecule has 0 spiro atoms. The van der Waals surface area contributed by atoms with E-state index in [9.17, 15) is 32.4 Å². The predicted octanol–water partition coefficient (Wildman–Crippen LogP) is 3.78. The number of rotatable bonds is 5. The Hall–Kier alpha value is -4.14. The number of nitrogens with one attached hydrogen (secondary N) is 3. The summed E-state index contributed by atoms with van der Waals surface area (Å²) in [5.41, 5.74) is -0.529. The highest BCUT2D eigenvalue weighted by Gasteiger charge is 2.62. The second kappa shape index (κ2) is 14.6. The van der Waals surface area contributed by atoms with Crippen LogP contribution in [-0.2, 0) is 45.8 Å². The summed E-state index contributed by atoms with van der Waals surface area (Å²) in [7, 11) is -3.90. The number of ether oxygens (including phenoxy) is 2. The molecule has 5 atom stereocenters. The molecule has 1 aromatic rings. The van der Waals surface area contributed by atoms with Crippen molar-refractivity contribution in [2.75, 3.05) is 13.1 Å². The molecule has 1 aromatic carbocycles. The van der Waals surface area contributed by atoms with E-state index in [2.05, 4.69) is 35.3 Å². The molecular formula is C38H53N5O9S. The molecule has 15 heteroatoms. The van der Waals surface area contributed by atoms with Crippen LogP contribution in [0.2, 0.25) is 0 Å². The van der Waals surface area contributed by atoms with Crippen LogP contribution in [0.5, 0.6) is 0 Å². The fraction of sp³-hybridized carbons (Fsp3) is 0.658. The van der Waals surface area contributed by atoms with E-state index >= 15 is 0 Å². The number of alkyl carbamates (subject to hydrolysis) is 1. The van der Waals surface area contributed by atoms with Gasteiger partial charge in [-0.2, -0.15) is 0 Å². The van der Waals surface area contributed by atoms with Crippen molar-refractivity contribution in [2.24, 2.45) is 5.92 Å². The topological polar surface area (TPSA) is 181 Å². The first-order valence-electron chi connectivity index (χ1n) is 18.8. The summed E-state index contributed by atoms with van der Waals surface area (Å²) in [6.45, 7) is 9.88. The van der Waals surface area contributed by atoms with E-state index in [1.54, 1.807) is 25.7 Å². The standard InChI is InChI=1S/C38H53N5O9S/c1-36(2,3)52-34(47)39-29-16-10-8-6-7-9-14-25-20-38(25,33(46)41-53(49,50)27-17-18-27)40-31(44)30-19-26(22-43(30)32(29)45)51-35(48)42-21-24-13-11-12-15-28(24)37(4,5)23-42/h9,11-15,25-27,29-30H,6-8,10,16-23H2,1-5H3,(H,39,47)(H,40,44)(H,41,46)/b14-9-/t25-,26-,29+,30+,38-/m1/s1. The molecule has 3 heterocycles. The highest BCUT2D eigenvalue weighted by molar-refractivity contribution is 7.91. The molecule has 3 fully saturated rings. The molecule has 14 nitrogen and oxygen atoms in total. The van der Waals surface area contributed by atoms with Crippen molar-refractivity contribution in [1.29, 1.82) is 0 Å². The fourth-order valence-corrected chi connectivity index (χ4v) is 9.15. The molecule has 53 heavy (non-hydrogen) atoms. The highest BCUT2D eigenvalue weighted by atomic mass is 32.2. The summed E-state index contributed by atoms with van der Waals surface area (Å²) in [6.07, 6.45) is 5.69. The van der Waals surface area contributed by atoms with E-state index in [0.29, 0.717) is 38.8 Å². The molecule has 0 aromatic heterocycles. The molecule has 290 valence electrons. The molecule has 5 amide bonds. The van der Waals surface area contributed by atoms with Crippen molar-refractivity contribution in [2.45, 2.75) is 139 Å². The van der Waals surface area contributed by atoms with E-state index in [1.165, 1.54) is 4.90 Å². The van der Waals surface area contributed by atoms with Crippen LogP contribution in [0, 0.1) is 5.92 Å². The van der Waals surface area contributed by atoms with Gasteiger partial charge in [0.25, 0.3) is 5.91 Å². The van der Waals surface area contributed by atoms with Crippen LogP contribution >= 0.6 is 0 Å². The van der Waals surface area contributed by atoms with E-state index in [4.69, 9.17) is 9.47 Å². The molecule has 0 radical (unpaired) electrons. The SMILES string of the molecule is CC(C)(C)OC(=O)N[C@H]1CCCCC/C=C\[C@@H]2C[C@@]2(C(=O)NS(=O)(=O)C2CC2)NC(=O)[C@@H]2C[C@@H](OC(=O)N3Cc4ccccc4C(C)(C)C3)CN2C1=O. The molecule has 0 unspecified atom stereocenters. The second-order valence-electron chi connectivity index (χ2n) is 16.9. The fourth-order valence-electron chi connectivity index (χ4n) is 7.79. The van der Waals surface area contributed by atoms with Crippen LogP contribution in [0.4, 0.5) is 9.59 Å². The van der Waals surface area contributed by atoms with Crippen LogP contribution in [-0.4, -0.2) is 95.8 Å². The van der Waals surface area contributed by atoms with Crippen molar-refractivity contribution in [1.82, 2.24) is 25.2 Å². The second-order valence-corrected chi connectivity index (χ2v) is 18.8. The van der Waals surface area contributed by atoms with Crippen molar-refractivity contribution < 1.29 is 41.9 Å². The minimum Gasteiger partial charge on any atom is -0.444 e. The number of allylic oxidation sites excluding steroid dienone is 1. The Labute approximate surface area is 311 Å². The van der Waals surface area contributed by atoms with Gasteiger partial charge in [0.1, 0.15) is 29.3 Å². The first kappa shape index (κ1) is 38.6. The maximum atomic E-state index is 14.4. The molecule has 3 aliphatic heterocycles. The zero-order valence-corrected chi connectivity index (χ0v) is 32.1. The maximum Gasteiger partial charge on any atom is 0.410 e. The Bertz CT molecular complexity index is 1770. The third kappa shape index (κ3) is 8.81. The zero-order chi connectivity index (χ0) is 38.3. The van der Waals surface area contributed by atoms with Gasteiger partial charge in [0.05, 0.1) is 11.8 Å². The first-order chi connectivity index (χ1) is 24.9. The van der Waals surface area contributed by atoms with Gasteiger partial charge in [0.15, 0.2) is 0 Å². The molecule has 6 rings (SSSR count). The average Bonchev–Trinajstić information content (AvgIpc) is 3.99. The summed E-state index contributed by atoms with van der Waals surface area (Å²) < 4.78 is 39.3. The van der Waals surface area contributed by atoms with Gasteiger partial charge in [-0.1, -0.05) is 63.1 Å². The van der Waals surface area contributed by atoms with E-state index in [1.807, 2.05) is 30.4 Å². The Morgan fingerprint density at radius 2 is 1.75 bits per heavy atom. The van der Waals surface area contributed by atoms with Gasteiger partial charge in [-0.05, 0) is 70.4 Å². The van der Waals surface area contributed by atoms with Crippen LogP contribution < -0.4 is 15.4 Å². The summed E-state index contributed by atoms with van der Waals surface area (Å²) in [5, 5.41) is 4.90. The van der Waals surface area contributed by atoms with E-state index in [-0.39, 0.29) is 31.2 Å². The van der Waals surface area contributed by atoms with Crippen molar-refractivity contribution in [3.05, 3.63) is 47.5 Å². The summed E-state index contributed by atoms with van der Waals surface area (Å²) in [4.78, 5) is 71.9. The third-order valence-corrected chi connectivity index (χ3v) is 12.6. The van der Waals surface area contributed by atoms with Crippen LogP contribution in [0.1, 0.15) is 104 Å². The first-order valence-corrected chi connectivity index (χ1v) is 20.3. The number of benzene rings is 1. The summed E-state index contributed by atoms with van der Waals surface area (Å²) in [5.74, 6) is -2.48. The molecule has 2 saturated carbocycles. The smallest absolute Gasteiger partial charge is 0.410 e. The Morgan fingerprint density at radius 1 is 1.02 bits per heavy atom. The Morgan fingerprint density at radius 3 is 2.47 bits per heavy atom. The van der Waals surface area contributed by atoms with Crippen LogP contribution in [0.3, 0.4) is 0 Å². The summed E-state index contributed by atoms with van der Waals surface area (Å²) >= 11 is 0. The summed E-state index contributed by atoms with van der Waals surface area (Å²) in [6, 6.07) is 5.71. The molecule has 2 aliphatic carbocycles. The average molecular weight is 756 g/mol. The van der Waals surface area contributed by atoms with Gasteiger partial charge in [0, 0.05) is 30.8 Å². The van der Waals surface area contributed by atoms with Gasteiger partial charge >= 0.3 is 12.2 Å². The van der Waals surface area contributed by atoms with Crippen molar-refractivity contribution in [3.8, 4) is 0 Å². The monoisotopic (exact) mass is 755 g/mol. The number of carbonyl (C=O) groups excluding carboxylic acids is 5. The van der Waals surface area contributed by atoms with E-state index in [0.717, 1.165) is 24.0 Å². The number of hydrogen-bond acceptors (Lipinski definition) is 9. The molecular weight excluding hydrogens is 703 g/mol. The predicted molar refractivity (Wildman–Crippen MR) is 195 cm³/mol. The molecule has 5 aliphatic rings. The Balaban J connectivity index is 1.26. The lowest BCUT2D eigenvalue weighted by Crippen LogP contribution is -2.58. The minimum absolute atomic E-state index is 0.0606.